The smallest absolute Gasteiger partial charge is 0.240 e. The Hall–Kier alpha value is -0.570. The van der Waals surface area contributed by atoms with Crippen LogP contribution in [0.2, 0.25) is 0 Å². The van der Waals surface area contributed by atoms with E-state index in [2.05, 4.69) is 27.7 Å². The van der Waals surface area contributed by atoms with Crippen LogP contribution in [0.1, 0.15) is 47.0 Å². The maximum Gasteiger partial charge on any atom is 0.240 e. The molecule has 3 nitrogen and oxygen atoms in total. The molecule has 1 rings (SSSR count). The van der Waals surface area contributed by atoms with E-state index < -0.39 is 0 Å². The largest absolute Gasteiger partial charge is 0.338 e. The zero-order valence-corrected chi connectivity index (χ0v) is 11.1. The highest BCUT2D eigenvalue weighted by molar-refractivity contribution is 5.82. The lowest BCUT2D eigenvalue weighted by molar-refractivity contribution is -0.138. The van der Waals surface area contributed by atoms with Crippen LogP contribution in [-0.2, 0) is 4.79 Å². The molecule has 1 fully saturated rings. The van der Waals surface area contributed by atoms with Gasteiger partial charge in [0.25, 0.3) is 0 Å². The van der Waals surface area contributed by atoms with E-state index in [1.165, 1.54) is 6.42 Å². The van der Waals surface area contributed by atoms with E-state index in [9.17, 15) is 4.79 Å². The first-order valence-corrected chi connectivity index (χ1v) is 6.55. The summed E-state index contributed by atoms with van der Waals surface area (Å²) in [5, 5.41) is 0. The van der Waals surface area contributed by atoms with E-state index >= 15 is 0 Å². The molecule has 3 heteroatoms. The Balaban J connectivity index is 2.65. The Morgan fingerprint density at radius 2 is 2.12 bits per heavy atom. The number of piperidine rings is 1. The third-order valence-electron chi connectivity index (χ3n) is 4.20. The van der Waals surface area contributed by atoms with Crippen molar-refractivity contribution < 1.29 is 4.79 Å². The summed E-state index contributed by atoms with van der Waals surface area (Å²) in [5.74, 6) is 1.02. The van der Waals surface area contributed by atoms with Crippen LogP contribution in [0.3, 0.4) is 0 Å². The molecule has 0 bridgehead atoms. The van der Waals surface area contributed by atoms with Gasteiger partial charge in [0.15, 0.2) is 0 Å². The Labute approximate surface area is 99.4 Å². The van der Waals surface area contributed by atoms with Gasteiger partial charge in [-0.05, 0) is 31.6 Å². The van der Waals surface area contributed by atoms with Crippen molar-refractivity contribution in [2.24, 2.45) is 17.6 Å². The number of rotatable bonds is 3. The predicted molar refractivity (Wildman–Crippen MR) is 67.0 cm³/mol. The molecule has 3 unspecified atom stereocenters. The van der Waals surface area contributed by atoms with Crippen molar-refractivity contribution in [1.29, 1.82) is 0 Å². The summed E-state index contributed by atoms with van der Waals surface area (Å²) in [5.41, 5.74) is 6.02. The van der Waals surface area contributed by atoms with Gasteiger partial charge in [-0.15, -0.1) is 0 Å². The highest BCUT2D eigenvalue weighted by Gasteiger charge is 2.32. The number of nitrogens with zero attached hydrogens (tertiary/aromatic N) is 1. The number of nitrogens with two attached hydrogens (primary N) is 1. The monoisotopic (exact) mass is 226 g/mol. The van der Waals surface area contributed by atoms with Gasteiger partial charge < -0.3 is 10.6 Å². The maximum atomic E-state index is 12.3. The molecule has 0 saturated carbocycles. The molecule has 0 aliphatic carbocycles. The van der Waals surface area contributed by atoms with Gasteiger partial charge in [-0.3, -0.25) is 4.79 Å². The topological polar surface area (TPSA) is 46.3 Å². The average molecular weight is 226 g/mol. The lowest BCUT2D eigenvalue weighted by atomic mass is 9.90. The van der Waals surface area contributed by atoms with Gasteiger partial charge in [-0.25, -0.2) is 0 Å². The first-order chi connectivity index (χ1) is 7.49. The minimum Gasteiger partial charge on any atom is -0.338 e. The fraction of sp³-hybridized carbons (Fsp3) is 0.923. The molecule has 1 saturated heterocycles. The van der Waals surface area contributed by atoms with Crippen LogP contribution in [0.15, 0.2) is 0 Å². The summed E-state index contributed by atoms with van der Waals surface area (Å²) >= 11 is 0. The van der Waals surface area contributed by atoms with Crippen LogP contribution in [0.4, 0.5) is 0 Å². The number of hydrogen-bond acceptors (Lipinski definition) is 2. The van der Waals surface area contributed by atoms with Crippen molar-refractivity contribution >= 4 is 5.91 Å². The highest BCUT2D eigenvalue weighted by atomic mass is 16.2. The zero-order valence-electron chi connectivity index (χ0n) is 11.1. The quantitative estimate of drug-likeness (QED) is 0.800. The number of likely N-dealkylation sites (tertiary alicyclic amines) is 1. The number of carbonyl (C=O) groups is 1. The van der Waals surface area contributed by atoms with Crippen molar-refractivity contribution in [3.8, 4) is 0 Å². The number of carbonyl (C=O) groups excluding carboxylic acids is 1. The molecule has 1 aliphatic rings. The molecule has 0 aromatic rings. The molecule has 0 radical (unpaired) electrons. The number of amides is 1. The summed E-state index contributed by atoms with van der Waals surface area (Å²) in [6.07, 6.45) is 3.30. The Morgan fingerprint density at radius 3 is 2.69 bits per heavy atom. The molecule has 0 aromatic carbocycles. The maximum absolute atomic E-state index is 12.3. The molecule has 1 amide bonds. The Morgan fingerprint density at radius 1 is 1.50 bits per heavy atom. The second-order valence-electron chi connectivity index (χ2n) is 5.30. The van der Waals surface area contributed by atoms with Gasteiger partial charge in [0.1, 0.15) is 0 Å². The normalized spacial score (nSPS) is 29.9. The molecule has 16 heavy (non-hydrogen) atoms. The van der Waals surface area contributed by atoms with Crippen molar-refractivity contribution in [3.05, 3.63) is 0 Å². The second-order valence-corrected chi connectivity index (χ2v) is 5.30. The van der Waals surface area contributed by atoms with Gasteiger partial charge in [0.2, 0.25) is 5.91 Å². The fourth-order valence-electron chi connectivity index (χ4n) is 2.34. The van der Waals surface area contributed by atoms with Gasteiger partial charge in [0.05, 0.1) is 6.04 Å². The first-order valence-electron chi connectivity index (χ1n) is 6.55. The number of hydrogen-bond donors (Lipinski definition) is 1. The van der Waals surface area contributed by atoms with Gasteiger partial charge in [0, 0.05) is 12.6 Å². The van der Waals surface area contributed by atoms with Gasteiger partial charge in [-0.2, -0.15) is 0 Å². The SMILES string of the molecule is CCC(C)[C@H](N)C(=O)N1CCCC(C)C1C. The Kier molecular flexibility index (Phi) is 4.78. The predicted octanol–water partition coefficient (Wildman–Crippen LogP) is 2.01. The van der Waals surface area contributed by atoms with E-state index in [1.807, 2.05) is 4.90 Å². The Bertz CT molecular complexity index is 242. The van der Waals surface area contributed by atoms with E-state index in [-0.39, 0.29) is 17.9 Å². The molecule has 94 valence electrons. The lowest BCUT2D eigenvalue weighted by Crippen LogP contribution is -2.53. The van der Waals surface area contributed by atoms with E-state index in [4.69, 9.17) is 5.73 Å². The molecule has 2 N–H and O–H groups in total. The van der Waals surface area contributed by atoms with Crippen LogP contribution in [-0.4, -0.2) is 29.4 Å². The molecular formula is C13H26N2O. The van der Waals surface area contributed by atoms with Crippen LogP contribution in [0.5, 0.6) is 0 Å². The average Bonchev–Trinajstić information content (AvgIpc) is 2.29. The van der Waals surface area contributed by atoms with E-state index in [1.54, 1.807) is 0 Å². The summed E-state index contributed by atoms with van der Waals surface area (Å²) in [7, 11) is 0. The van der Waals surface area contributed by atoms with E-state index in [0.29, 0.717) is 12.0 Å². The van der Waals surface area contributed by atoms with Crippen molar-refractivity contribution in [2.45, 2.75) is 59.0 Å². The molecule has 1 aliphatic heterocycles. The van der Waals surface area contributed by atoms with Gasteiger partial charge in [-0.1, -0.05) is 27.2 Å². The standard InChI is InChI=1S/C13H26N2O/c1-5-9(2)12(14)13(16)15-8-6-7-10(3)11(15)4/h9-12H,5-8,14H2,1-4H3/t9?,10?,11?,12-/m0/s1. The molecular weight excluding hydrogens is 200 g/mol. The van der Waals surface area contributed by atoms with E-state index in [0.717, 1.165) is 19.4 Å². The van der Waals surface area contributed by atoms with Gasteiger partial charge >= 0.3 is 0 Å². The van der Waals surface area contributed by atoms with Crippen molar-refractivity contribution in [1.82, 2.24) is 4.90 Å². The summed E-state index contributed by atoms with van der Waals surface area (Å²) in [4.78, 5) is 14.2. The minimum atomic E-state index is -0.322. The third-order valence-corrected chi connectivity index (χ3v) is 4.20. The summed E-state index contributed by atoms with van der Waals surface area (Å²) < 4.78 is 0. The van der Waals surface area contributed by atoms with Crippen molar-refractivity contribution in [3.63, 3.8) is 0 Å². The minimum absolute atomic E-state index is 0.147. The van der Waals surface area contributed by atoms with Crippen LogP contribution in [0, 0.1) is 11.8 Å². The van der Waals surface area contributed by atoms with Crippen LogP contribution < -0.4 is 5.73 Å². The fourth-order valence-corrected chi connectivity index (χ4v) is 2.34. The lowest BCUT2D eigenvalue weighted by Gasteiger charge is -2.40. The van der Waals surface area contributed by atoms with Crippen molar-refractivity contribution in [2.75, 3.05) is 6.54 Å². The zero-order chi connectivity index (χ0) is 12.3. The third kappa shape index (κ3) is 2.76. The molecule has 0 aromatic heterocycles. The molecule has 1 heterocycles. The van der Waals surface area contributed by atoms with Crippen LogP contribution in [0.25, 0.3) is 0 Å². The summed E-state index contributed by atoms with van der Waals surface area (Å²) in [6, 6.07) is 0.0223. The molecule has 4 atom stereocenters. The molecule has 0 spiro atoms. The first kappa shape index (κ1) is 13.5. The summed E-state index contributed by atoms with van der Waals surface area (Å²) in [6.45, 7) is 9.39. The second kappa shape index (κ2) is 5.67. The highest BCUT2D eigenvalue weighted by Crippen LogP contribution is 2.24. The van der Waals surface area contributed by atoms with Crippen LogP contribution >= 0.6 is 0 Å².